The van der Waals surface area contributed by atoms with E-state index < -0.39 is 0 Å². The molecule has 1 aromatic rings. The first-order valence-corrected chi connectivity index (χ1v) is 5.33. The number of para-hydroxylation sites is 1. The lowest BCUT2D eigenvalue weighted by atomic mass is 10.3. The van der Waals surface area contributed by atoms with E-state index in [0.717, 1.165) is 9.26 Å². The summed E-state index contributed by atoms with van der Waals surface area (Å²) in [6.45, 7) is 0.221. The van der Waals surface area contributed by atoms with Gasteiger partial charge in [-0.15, -0.1) is 0 Å². The van der Waals surface area contributed by atoms with Gasteiger partial charge in [-0.3, -0.25) is 9.59 Å². The molecule has 0 aromatic heterocycles. The van der Waals surface area contributed by atoms with Gasteiger partial charge >= 0.3 is 0 Å². The lowest BCUT2D eigenvalue weighted by Crippen LogP contribution is -2.25. The number of carbonyl (C=O) groups excluding carboxylic acids is 2. The SMILES string of the molecule is O=C1CC(=O)N(c2ccccc2I)C1. The van der Waals surface area contributed by atoms with Crippen molar-refractivity contribution in [2.45, 2.75) is 6.42 Å². The summed E-state index contributed by atoms with van der Waals surface area (Å²) < 4.78 is 0.994. The Morgan fingerprint density at radius 2 is 1.93 bits per heavy atom. The summed E-state index contributed by atoms with van der Waals surface area (Å²) in [4.78, 5) is 24.1. The highest BCUT2D eigenvalue weighted by atomic mass is 127. The van der Waals surface area contributed by atoms with Crippen molar-refractivity contribution < 1.29 is 9.59 Å². The fourth-order valence-electron chi connectivity index (χ4n) is 1.47. The molecule has 72 valence electrons. The Hall–Kier alpha value is -0.910. The Labute approximate surface area is 95.2 Å². The molecule has 1 amide bonds. The maximum Gasteiger partial charge on any atom is 0.234 e. The van der Waals surface area contributed by atoms with Gasteiger partial charge < -0.3 is 4.90 Å². The zero-order valence-corrected chi connectivity index (χ0v) is 9.52. The molecule has 0 bridgehead atoms. The number of nitrogens with zero attached hydrogens (tertiary/aromatic N) is 1. The molecule has 0 spiro atoms. The molecule has 1 heterocycles. The number of carbonyl (C=O) groups is 2. The number of hydrogen-bond donors (Lipinski definition) is 0. The van der Waals surface area contributed by atoms with Crippen LogP contribution in [0.25, 0.3) is 0 Å². The molecule has 1 fully saturated rings. The molecular formula is C10H8INO2. The van der Waals surface area contributed by atoms with E-state index in [9.17, 15) is 9.59 Å². The summed E-state index contributed by atoms with van der Waals surface area (Å²) in [6.07, 6.45) is 0.0466. The van der Waals surface area contributed by atoms with Gasteiger partial charge in [-0.05, 0) is 34.7 Å². The fourth-order valence-corrected chi connectivity index (χ4v) is 2.15. The molecule has 1 aliphatic heterocycles. The summed E-state index contributed by atoms with van der Waals surface area (Å²) in [7, 11) is 0. The standard InChI is InChI=1S/C10H8INO2/c11-8-3-1-2-4-9(8)12-6-7(13)5-10(12)14/h1-4H,5-6H2. The molecule has 0 atom stereocenters. The predicted octanol–water partition coefficient (Wildman–Crippen LogP) is 1.60. The molecule has 0 N–H and O–H groups in total. The molecule has 14 heavy (non-hydrogen) atoms. The summed E-state index contributed by atoms with van der Waals surface area (Å²) in [6, 6.07) is 7.56. The van der Waals surface area contributed by atoms with E-state index in [1.54, 1.807) is 4.90 Å². The average molecular weight is 301 g/mol. The van der Waals surface area contributed by atoms with Crippen LogP contribution in [0.1, 0.15) is 6.42 Å². The highest BCUT2D eigenvalue weighted by Crippen LogP contribution is 2.25. The number of amides is 1. The highest BCUT2D eigenvalue weighted by molar-refractivity contribution is 14.1. The van der Waals surface area contributed by atoms with Crippen LogP contribution in [0.15, 0.2) is 24.3 Å². The zero-order chi connectivity index (χ0) is 10.1. The van der Waals surface area contributed by atoms with Crippen molar-refractivity contribution in [1.29, 1.82) is 0 Å². The fraction of sp³-hybridized carbons (Fsp3) is 0.200. The van der Waals surface area contributed by atoms with Crippen LogP contribution in [-0.2, 0) is 9.59 Å². The van der Waals surface area contributed by atoms with E-state index >= 15 is 0 Å². The van der Waals surface area contributed by atoms with Crippen molar-refractivity contribution in [2.75, 3.05) is 11.4 Å². The van der Waals surface area contributed by atoms with Gasteiger partial charge in [0.25, 0.3) is 0 Å². The molecule has 0 saturated carbocycles. The molecule has 0 aliphatic carbocycles. The molecule has 3 nitrogen and oxygen atoms in total. The second-order valence-electron chi connectivity index (χ2n) is 3.15. The minimum atomic E-state index is -0.0980. The van der Waals surface area contributed by atoms with Crippen LogP contribution in [-0.4, -0.2) is 18.2 Å². The van der Waals surface area contributed by atoms with Gasteiger partial charge in [0.2, 0.25) is 5.91 Å². The van der Waals surface area contributed by atoms with Crippen molar-refractivity contribution in [1.82, 2.24) is 0 Å². The number of anilines is 1. The Bertz CT molecular complexity index is 403. The molecular weight excluding hydrogens is 293 g/mol. The number of ketones is 1. The first-order valence-electron chi connectivity index (χ1n) is 4.25. The van der Waals surface area contributed by atoms with Crippen molar-refractivity contribution in [2.24, 2.45) is 0 Å². The number of halogens is 1. The van der Waals surface area contributed by atoms with Gasteiger partial charge in [0, 0.05) is 3.57 Å². The largest absolute Gasteiger partial charge is 0.304 e. The summed E-state index contributed by atoms with van der Waals surface area (Å²) in [5.74, 6) is -0.103. The van der Waals surface area contributed by atoms with Crippen LogP contribution in [0.3, 0.4) is 0 Å². The molecule has 0 radical (unpaired) electrons. The first kappa shape index (κ1) is 9.64. The Balaban J connectivity index is 2.36. The van der Waals surface area contributed by atoms with Crippen molar-refractivity contribution in [3.05, 3.63) is 27.8 Å². The third-order valence-corrected chi connectivity index (χ3v) is 3.04. The second kappa shape index (κ2) is 3.68. The smallest absolute Gasteiger partial charge is 0.234 e. The van der Waals surface area contributed by atoms with Gasteiger partial charge in [-0.1, -0.05) is 12.1 Å². The molecule has 2 rings (SSSR count). The Morgan fingerprint density at radius 3 is 2.50 bits per heavy atom. The first-order chi connectivity index (χ1) is 6.68. The maximum absolute atomic E-state index is 11.4. The molecule has 4 heteroatoms. The maximum atomic E-state index is 11.4. The number of Topliss-reactive ketones (excluding diaryl/α,β-unsaturated/α-hetero) is 1. The lowest BCUT2D eigenvalue weighted by molar-refractivity contribution is -0.121. The van der Waals surface area contributed by atoms with E-state index in [-0.39, 0.29) is 24.7 Å². The molecule has 1 saturated heterocycles. The monoisotopic (exact) mass is 301 g/mol. The average Bonchev–Trinajstić information content (AvgIpc) is 2.46. The number of rotatable bonds is 1. The van der Waals surface area contributed by atoms with Gasteiger partial charge in [0.1, 0.15) is 0 Å². The van der Waals surface area contributed by atoms with E-state index in [1.165, 1.54) is 0 Å². The quantitative estimate of drug-likeness (QED) is 0.583. The number of benzene rings is 1. The van der Waals surface area contributed by atoms with Gasteiger partial charge in [-0.25, -0.2) is 0 Å². The topological polar surface area (TPSA) is 37.4 Å². The van der Waals surface area contributed by atoms with Crippen LogP contribution in [0.4, 0.5) is 5.69 Å². The molecule has 1 aromatic carbocycles. The van der Waals surface area contributed by atoms with Crippen LogP contribution >= 0.6 is 22.6 Å². The predicted molar refractivity (Wildman–Crippen MR) is 61.1 cm³/mol. The van der Waals surface area contributed by atoms with Gasteiger partial charge in [0.05, 0.1) is 18.7 Å². The summed E-state index contributed by atoms with van der Waals surface area (Å²) in [5, 5.41) is 0. The third-order valence-electron chi connectivity index (χ3n) is 2.13. The third kappa shape index (κ3) is 1.66. The van der Waals surface area contributed by atoms with Gasteiger partial charge in [0.15, 0.2) is 5.78 Å². The minimum absolute atomic E-state index is 0.00495. The van der Waals surface area contributed by atoms with Crippen LogP contribution in [0, 0.1) is 3.57 Å². The van der Waals surface area contributed by atoms with E-state index in [2.05, 4.69) is 22.6 Å². The second-order valence-corrected chi connectivity index (χ2v) is 4.31. The van der Waals surface area contributed by atoms with E-state index in [4.69, 9.17) is 0 Å². The highest BCUT2D eigenvalue weighted by Gasteiger charge is 2.29. The van der Waals surface area contributed by atoms with Crippen molar-refractivity contribution in [3.8, 4) is 0 Å². The van der Waals surface area contributed by atoms with Crippen molar-refractivity contribution >= 4 is 40.0 Å². The van der Waals surface area contributed by atoms with Crippen LogP contribution in [0.5, 0.6) is 0 Å². The van der Waals surface area contributed by atoms with Crippen LogP contribution < -0.4 is 4.90 Å². The Kier molecular flexibility index (Phi) is 2.54. The summed E-state index contributed by atoms with van der Waals surface area (Å²) in [5.41, 5.74) is 0.837. The van der Waals surface area contributed by atoms with Gasteiger partial charge in [-0.2, -0.15) is 0 Å². The van der Waals surface area contributed by atoms with E-state index in [1.807, 2.05) is 24.3 Å². The normalized spacial score (nSPS) is 16.5. The van der Waals surface area contributed by atoms with Crippen molar-refractivity contribution in [3.63, 3.8) is 0 Å². The minimum Gasteiger partial charge on any atom is -0.304 e. The lowest BCUT2D eigenvalue weighted by Gasteiger charge is -2.15. The van der Waals surface area contributed by atoms with E-state index in [0.29, 0.717) is 0 Å². The Morgan fingerprint density at radius 1 is 1.21 bits per heavy atom. The number of hydrogen-bond acceptors (Lipinski definition) is 2. The van der Waals surface area contributed by atoms with Crippen LogP contribution in [0.2, 0.25) is 0 Å². The zero-order valence-electron chi connectivity index (χ0n) is 7.37. The summed E-state index contributed by atoms with van der Waals surface area (Å²) >= 11 is 2.16. The molecule has 0 unspecified atom stereocenters. The molecule has 1 aliphatic rings.